The van der Waals surface area contributed by atoms with Crippen LogP contribution in [0.25, 0.3) is 0 Å². The lowest BCUT2D eigenvalue weighted by Crippen LogP contribution is -2.46. The van der Waals surface area contributed by atoms with E-state index in [1.807, 2.05) is 66.7 Å². The van der Waals surface area contributed by atoms with Crippen LogP contribution in [0.3, 0.4) is 0 Å². The summed E-state index contributed by atoms with van der Waals surface area (Å²) in [7, 11) is 2.52. The number of methoxy groups -OCH3 is 2. The molecule has 0 radical (unpaired) electrons. The monoisotopic (exact) mass is 1050 g/mol. The molecule has 0 heterocycles. The van der Waals surface area contributed by atoms with Crippen molar-refractivity contribution >= 4 is 24.1 Å². The molecule has 0 aliphatic carbocycles. The predicted molar refractivity (Wildman–Crippen MR) is 290 cm³/mol. The van der Waals surface area contributed by atoms with Crippen LogP contribution in [0, 0.1) is 23.7 Å². The van der Waals surface area contributed by atoms with E-state index in [4.69, 9.17) is 42.6 Å². The Morgan fingerprint density at radius 2 is 0.867 bits per heavy atom. The summed E-state index contributed by atoms with van der Waals surface area (Å²) in [5.41, 5.74) is 2.06. The largest absolute Gasteiger partial charge is 0.467 e. The van der Waals surface area contributed by atoms with E-state index in [1.54, 1.807) is 48.5 Å². The normalized spacial score (nSPS) is 14.9. The molecule has 0 saturated carbocycles. The fraction of sp³-hybridized carbons (Fsp3) is 0.627. The molecule has 0 fully saturated rings. The van der Waals surface area contributed by atoms with E-state index in [0.717, 1.165) is 17.5 Å². The highest BCUT2D eigenvalue weighted by molar-refractivity contribution is 5.82. The third-order valence-corrected chi connectivity index (χ3v) is 11.3. The average Bonchev–Trinajstić information content (AvgIpc) is 3.34. The van der Waals surface area contributed by atoms with Crippen LogP contribution in [0.1, 0.15) is 113 Å². The molecule has 3 N–H and O–H groups in total. The standard InChI is InChI=1S/C33H49NO7.C26H43NO7/c1-24(2)21-40-30(25(3)39-22-27-16-12-9-13-17-27)28(20-26-14-10-8-11-15-26)18-19-38-23-29(31(35)37-7)34-32(36)41-33(4,5)6;1-18(2)16-33-23(19(3)28)21(15-20-11-9-8-10-12-20)13-14-32-17-22(24(29)31-7)27-25(30)34-26(4,5)6/h8-17,24-25,28-30H,18-23H2,1-7H3,(H,34,36);8-12,18-19,21-23,28H,13-17H2,1-7H3,(H,27,30)/t25-,28+,29-,30-;19-,21+,22-,23-/m00/s1. The Bertz CT molecular complexity index is 2010. The Hall–Kier alpha value is -5.10. The number of nitrogens with one attached hydrogen (secondary N) is 2. The van der Waals surface area contributed by atoms with Gasteiger partial charge >= 0.3 is 24.1 Å². The van der Waals surface area contributed by atoms with Gasteiger partial charge < -0.3 is 58.4 Å². The van der Waals surface area contributed by atoms with Gasteiger partial charge in [-0.15, -0.1) is 0 Å². The average molecular weight is 1050 g/mol. The molecule has 422 valence electrons. The summed E-state index contributed by atoms with van der Waals surface area (Å²) in [6.45, 7) is 24.9. The number of alkyl carbamates (subject to hydrolysis) is 2. The van der Waals surface area contributed by atoms with Gasteiger partial charge in [0.05, 0.1) is 58.5 Å². The van der Waals surface area contributed by atoms with Crippen molar-refractivity contribution < 1.29 is 66.9 Å². The predicted octanol–water partition coefficient (Wildman–Crippen LogP) is 9.71. The molecule has 0 aliphatic heterocycles. The molecule has 2 amide bonds. The number of esters is 2. The summed E-state index contributed by atoms with van der Waals surface area (Å²) in [5.74, 6) is -0.428. The summed E-state index contributed by atoms with van der Waals surface area (Å²) >= 11 is 0. The molecule has 75 heavy (non-hydrogen) atoms. The SMILES string of the molecule is COC(=O)[C@H](COCC[C@H](Cc1ccccc1)[C@@H](OCC(C)C)[C@H](C)O)NC(=O)OC(C)(C)C.COC(=O)[C@H](COCC[C@H](Cc1ccccc1)[C@@H](OCC(C)C)[C@H](C)OCc1ccccc1)NC(=O)OC(C)(C)C. The van der Waals surface area contributed by atoms with Gasteiger partial charge in [-0.1, -0.05) is 119 Å². The molecular formula is C59H92N2O14. The Labute approximate surface area is 448 Å². The maximum Gasteiger partial charge on any atom is 0.408 e. The van der Waals surface area contributed by atoms with Crippen LogP contribution in [-0.4, -0.2) is 131 Å². The number of benzene rings is 3. The van der Waals surface area contributed by atoms with Crippen LogP contribution in [-0.2, 0) is 71.7 Å². The molecule has 0 saturated heterocycles. The highest BCUT2D eigenvalue weighted by atomic mass is 16.6. The first-order chi connectivity index (χ1) is 35.4. The van der Waals surface area contributed by atoms with Gasteiger partial charge in [0.1, 0.15) is 11.2 Å². The number of carbonyl (C=O) groups excluding carboxylic acids is 4. The van der Waals surface area contributed by atoms with Crippen LogP contribution in [0.5, 0.6) is 0 Å². The van der Waals surface area contributed by atoms with Crippen molar-refractivity contribution in [3.8, 4) is 0 Å². The minimum absolute atomic E-state index is 0.00320. The highest BCUT2D eigenvalue weighted by Gasteiger charge is 2.32. The highest BCUT2D eigenvalue weighted by Crippen LogP contribution is 2.26. The number of carbonyl (C=O) groups is 4. The number of ether oxygens (including phenoxy) is 9. The number of rotatable bonds is 31. The lowest BCUT2D eigenvalue weighted by molar-refractivity contribution is -0.145. The second-order valence-electron chi connectivity index (χ2n) is 21.7. The first kappa shape index (κ1) is 66.0. The van der Waals surface area contributed by atoms with Gasteiger partial charge in [0.2, 0.25) is 0 Å². The lowest BCUT2D eigenvalue weighted by atomic mass is 9.88. The van der Waals surface area contributed by atoms with E-state index in [2.05, 4.69) is 69.5 Å². The molecular weight excluding hydrogens is 961 g/mol. The quantitative estimate of drug-likeness (QED) is 0.0313. The van der Waals surface area contributed by atoms with Crippen molar-refractivity contribution in [3.05, 3.63) is 108 Å². The maximum absolute atomic E-state index is 12.3. The fourth-order valence-corrected chi connectivity index (χ4v) is 7.82. The van der Waals surface area contributed by atoms with Gasteiger partial charge in [0.25, 0.3) is 0 Å². The molecule has 0 bridgehead atoms. The van der Waals surface area contributed by atoms with E-state index in [-0.39, 0.29) is 43.4 Å². The van der Waals surface area contributed by atoms with Crippen molar-refractivity contribution in [1.82, 2.24) is 10.6 Å². The second-order valence-corrected chi connectivity index (χ2v) is 21.7. The van der Waals surface area contributed by atoms with Crippen molar-refractivity contribution in [3.63, 3.8) is 0 Å². The molecule has 0 aliphatic rings. The van der Waals surface area contributed by atoms with Crippen LogP contribution >= 0.6 is 0 Å². The lowest BCUT2D eigenvalue weighted by Gasteiger charge is -2.33. The zero-order valence-electron chi connectivity index (χ0n) is 47.5. The van der Waals surface area contributed by atoms with Crippen molar-refractivity contribution in [2.24, 2.45) is 23.7 Å². The van der Waals surface area contributed by atoms with Crippen LogP contribution in [0.15, 0.2) is 91.0 Å². The zero-order valence-corrected chi connectivity index (χ0v) is 47.5. The van der Waals surface area contributed by atoms with Crippen LogP contribution in [0.4, 0.5) is 9.59 Å². The zero-order chi connectivity index (χ0) is 56.0. The smallest absolute Gasteiger partial charge is 0.408 e. The summed E-state index contributed by atoms with van der Waals surface area (Å²) < 4.78 is 50.8. The molecule has 8 atom stereocenters. The molecule has 0 spiro atoms. The molecule has 3 aromatic carbocycles. The van der Waals surface area contributed by atoms with Gasteiger partial charge in [0.15, 0.2) is 12.1 Å². The fourth-order valence-electron chi connectivity index (χ4n) is 7.82. The summed E-state index contributed by atoms with van der Waals surface area (Å²) in [6, 6.07) is 28.5. The summed E-state index contributed by atoms with van der Waals surface area (Å²) in [6.07, 6.45) is -0.0152. The van der Waals surface area contributed by atoms with Gasteiger partial charge in [-0.2, -0.15) is 0 Å². The van der Waals surface area contributed by atoms with E-state index in [9.17, 15) is 24.3 Å². The molecule has 16 nitrogen and oxygen atoms in total. The van der Waals surface area contributed by atoms with E-state index >= 15 is 0 Å². The Morgan fingerprint density at radius 3 is 1.21 bits per heavy atom. The molecule has 3 rings (SSSR count). The number of hydrogen-bond acceptors (Lipinski definition) is 14. The van der Waals surface area contributed by atoms with Gasteiger partial charge in [-0.05, 0) is 121 Å². The van der Waals surface area contributed by atoms with Gasteiger partial charge in [-0.3, -0.25) is 0 Å². The van der Waals surface area contributed by atoms with Crippen molar-refractivity contribution in [1.29, 1.82) is 0 Å². The number of aliphatic hydroxyl groups excluding tert-OH is 1. The first-order valence-corrected chi connectivity index (χ1v) is 26.4. The summed E-state index contributed by atoms with van der Waals surface area (Å²) in [5, 5.41) is 15.5. The maximum atomic E-state index is 12.3. The molecule has 3 aromatic rings. The third-order valence-electron chi connectivity index (χ3n) is 11.3. The van der Waals surface area contributed by atoms with E-state index < -0.39 is 53.5 Å². The summed E-state index contributed by atoms with van der Waals surface area (Å²) in [4.78, 5) is 48.8. The number of amides is 2. The molecule has 0 aromatic heterocycles. The minimum Gasteiger partial charge on any atom is -0.467 e. The second kappa shape index (κ2) is 35.3. The molecule has 16 heteroatoms. The molecule has 0 unspecified atom stereocenters. The number of aliphatic hydroxyl groups is 1. The van der Waals surface area contributed by atoms with Crippen LogP contribution < -0.4 is 10.6 Å². The van der Waals surface area contributed by atoms with E-state index in [0.29, 0.717) is 64.1 Å². The van der Waals surface area contributed by atoms with E-state index in [1.165, 1.54) is 19.8 Å². The third kappa shape index (κ3) is 29.7. The van der Waals surface area contributed by atoms with Gasteiger partial charge in [-0.25, -0.2) is 19.2 Å². The van der Waals surface area contributed by atoms with Crippen molar-refractivity contribution in [2.45, 2.75) is 163 Å². The van der Waals surface area contributed by atoms with Gasteiger partial charge in [0, 0.05) is 26.4 Å². The number of hydrogen-bond donors (Lipinski definition) is 3. The Morgan fingerprint density at radius 1 is 0.507 bits per heavy atom. The first-order valence-electron chi connectivity index (χ1n) is 26.4. The topological polar surface area (TPSA) is 196 Å². The minimum atomic E-state index is -0.989. The van der Waals surface area contributed by atoms with Crippen LogP contribution in [0.2, 0.25) is 0 Å². The Balaban J connectivity index is 0.000000523. The Kier molecular flexibility index (Phi) is 31.0. The van der Waals surface area contributed by atoms with Crippen molar-refractivity contribution in [2.75, 3.05) is 53.9 Å².